The topological polar surface area (TPSA) is 49.3 Å². The summed E-state index contributed by atoms with van der Waals surface area (Å²) in [5.41, 5.74) is 1.81. The van der Waals surface area contributed by atoms with Gasteiger partial charge in [-0.05, 0) is 24.1 Å². The van der Waals surface area contributed by atoms with E-state index < -0.39 is 5.97 Å². The van der Waals surface area contributed by atoms with E-state index in [0.717, 1.165) is 29.5 Å². The van der Waals surface area contributed by atoms with E-state index in [4.69, 9.17) is 5.11 Å². The number of aliphatic carboxylic acids is 1. The summed E-state index contributed by atoms with van der Waals surface area (Å²) in [4.78, 5) is 10.5. The van der Waals surface area contributed by atoms with Crippen LogP contribution in [0, 0.1) is 0 Å². The Morgan fingerprint density at radius 2 is 2.27 bits per heavy atom. The van der Waals surface area contributed by atoms with E-state index in [1.165, 1.54) is 0 Å². The Balaban J connectivity index is 2.53. The van der Waals surface area contributed by atoms with E-state index >= 15 is 0 Å². The molecular formula is C11H14BrNO2. The van der Waals surface area contributed by atoms with E-state index in [-0.39, 0.29) is 6.42 Å². The fraction of sp³-hybridized carbons (Fsp3) is 0.364. The van der Waals surface area contributed by atoms with Gasteiger partial charge in [-0.1, -0.05) is 28.1 Å². The maximum absolute atomic E-state index is 10.5. The number of carbonyl (C=O) groups is 1. The SMILES string of the molecule is O=C(O)Cc1cccc(NCCCBr)c1. The molecule has 0 aliphatic carbocycles. The maximum atomic E-state index is 10.5. The normalized spacial score (nSPS) is 9.93. The minimum atomic E-state index is -0.799. The largest absolute Gasteiger partial charge is 0.481 e. The van der Waals surface area contributed by atoms with Gasteiger partial charge in [-0.3, -0.25) is 4.79 Å². The number of alkyl halides is 1. The molecule has 2 N–H and O–H groups in total. The van der Waals surface area contributed by atoms with Crippen LogP contribution in [0.15, 0.2) is 24.3 Å². The highest BCUT2D eigenvalue weighted by Crippen LogP contribution is 2.11. The van der Waals surface area contributed by atoms with Crippen molar-refractivity contribution in [3.8, 4) is 0 Å². The first-order chi connectivity index (χ1) is 7.22. The molecule has 4 heteroatoms. The molecule has 1 aromatic rings. The number of carboxylic acid groups (broad SMARTS) is 1. The van der Waals surface area contributed by atoms with Crippen molar-refractivity contribution in [2.45, 2.75) is 12.8 Å². The average molecular weight is 272 g/mol. The molecule has 0 fully saturated rings. The van der Waals surface area contributed by atoms with E-state index in [0.29, 0.717) is 0 Å². The van der Waals surface area contributed by atoms with E-state index in [1.807, 2.05) is 24.3 Å². The van der Waals surface area contributed by atoms with Crippen molar-refractivity contribution in [1.29, 1.82) is 0 Å². The molecule has 0 bridgehead atoms. The summed E-state index contributed by atoms with van der Waals surface area (Å²) in [5, 5.41) is 12.8. The molecule has 0 radical (unpaired) electrons. The molecule has 15 heavy (non-hydrogen) atoms. The molecule has 0 spiro atoms. The molecule has 1 aromatic carbocycles. The number of rotatable bonds is 6. The van der Waals surface area contributed by atoms with Crippen LogP contribution in [0.5, 0.6) is 0 Å². The van der Waals surface area contributed by atoms with Crippen LogP contribution in [-0.2, 0) is 11.2 Å². The number of carboxylic acids is 1. The van der Waals surface area contributed by atoms with Crippen LogP contribution in [0.2, 0.25) is 0 Å². The summed E-state index contributed by atoms with van der Waals surface area (Å²) in [6, 6.07) is 7.51. The van der Waals surface area contributed by atoms with Crippen molar-refractivity contribution in [1.82, 2.24) is 0 Å². The predicted octanol–water partition coefficient (Wildman–Crippen LogP) is 2.51. The minimum absolute atomic E-state index is 0.0773. The Morgan fingerprint density at radius 3 is 2.93 bits per heavy atom. The van der Waals surface area contributed by atoms with E-state index in [1.54, 1.807) is 0 Å². The molecule has 0 heterocycles. The molecule has 0 saturated heterocycles. The highest BCUT2D eigenvalue weighted by atomic mass is 79.9. The number of benzene rings is 1. The van der Waals surface area contributed by atoms with Gasteiger partial charge in [0.15, 0.2) is 0 Å². The van der Waals surface area contributed by atoms with Gasteiger partial charge in [-0.15, -0.1) is 0 Å². The monoisotopic (exact) mass is 271 g/mol. The Morgan fingerprint density at radius 1 is 1.47 bits per heavy atom. The summed E-state index contributed by atoms with van der Waals surface area (Å²) in [6.45, 7) is 0.891. The van der Waals surface area contributed by atoms with Crippen molar-refractivity contribution in [3.05, 3.63) is 29.8 Å². The van der Waals surface area contributed by atoms with Gasteiger partial charge in [0, 0.05) is 17.6 Å². The molecule has 3 nitrogen and oxygen atoms in total. The first kappa shape index (κ1) is 12.0. The van der Waals surface area contributed by atoms with E-state index in [9.17, 15) is 4.79 Å². The molecule has 82 valence electrons. The van der Waals surface area contributed by atoms with Crippen LogP contribution < -0.4 is 5.32 Å². The van der Waals surface area contributed by atoms with Gasteiger partial charge < -0.3 is 10.4 Å². The van der Waals surface area contributed by atoms with E-state index in [2.05, 4.69) is 21.2 Å². The van der Waals surface area contributed by atoms with Gasteiger partial charge >= 0.3 is 5.97 Å². The molecule has 0 unspecified atom stereocenters. The number of hydrogen-bond donors (Lipinski definition) is 2. The van der Waals surface area contributed by atoms with Gasteiger partial charge in [0.1, 0.15) is 0 Å². The van der Waals surface area contributed by atoms with Crippen molar-refractivity contribution < 1.29 is 9.90 Å². The minimum Gasteiger partial charge on any atom is -0.481 e. The molecular weight excluding hydrogens is 258 g/mol. The number of anilines is 1. The van der Waals surface area contributed by atoms with Crippen LogP contribution >= 0.6 is 15.9 Å². The van der Waals surface area contributed by atoms with Crippen molar-refractivity contribution in [3.63, 3.8) is 0 Å². The second-order valence-corrected chi connectivity index (χ2v) is 4.03. The number of hydrogen-bond acceptors (Lipinski definition) is 2. The first-order valence-electron chi connectivity index (χ1n) is 4.83. The third-order valence-corrected chi connectivity index (χ3v) is 2.48. The molecule has 1 rings (SSSR count). The number of halogens is 1. The van der Waals surface area contributed by atoms with Crippen molar-refractivity contribution >= 4 is 27.6 Å². The Bertz CT molecular complexity index is 328. The van der Waals surface area contributed by atoms with Crippen LogP contribution in [-0.4, -0.2) is 23.0 Å². The fourth-order valence-electron chi connectivity index (χ4n) is 1.27. The molecule has 0 atom stereocenters. The lowest BCUT2D eigenvalue weighted by Crippen LogP contribution is -2.04. The van der Waals surface area contributed by atoms with Crippen LogP contribution in [0.1, 0.15) is 12.0 Å². The predicted molar refractivity (Wildman–Crippen MR) is 64.7 cm³/mol. The van der Waals surface area contributed by atoms with Gasteiger partial charge in [-0.2, -0.15) is 0 Å². The molecule has 0 aromatic heterocycles. The zero-order chi connectivity index (χ0) is 11.1. The Hall–Kier alpha value is -1.03. The second-order valence-electron chi connectivity index (χ2n) is 3.24. The third kappa shape index (κ3) is 4.83. The zero-order valence-electron chi connectivity index (χ0n) is 8.37. The van der Waals surface area contributed by atoms with Crippen molar-refractivity contribution in [2.24, 2.45) is 0 Å². The molecule has 0 saturated carbocycles. The van der Waals surface area contributed by atoms with Crippen LogP contribution in [0.25, 0.3) is 0 Å². The van der Waals surface area contributed by atoms with Gasteiger partial charge in [0.2, 0.25) is 0 Å². The highest BCUT2D eigenvalue weighted by Gasteiger charge is 2.00. The summed E-state index contributed by atoms with van der Waals surface area (Å²) in [6.07, 6.45) is 1.12. The molecule has 0 amide bonds. The standard InChI is InChI=1S/C11H14BrNO2/c12-5-2-6-13-10-4-1-3-9(7-10)8-11(14)15/h1,3-4,7,13H,2,5-6,8H2,(H,14,15). The molecule has 0 aliphatic rings. The smallest absolute Gasteiger partial charge is 0.307 e. The Labute approximate surface area is 97.6 Å². The quantitative estimate of drug-likeness (QED) is 0.618. The van der Waals surface area contributed by atoms with Gasteiger partial charge in [-0.25, -0.2) is 0 Å². The lowest BCUT2D eigenvalue weighted by atomic mass is 10.1. The summed E-state index contributed by atoms with van der Waals surface area (Å²) in [7, 11) is 0. The first-order valence-corrected chi connectivity index (χ1v) is 5.95. The Kier molecular flexibility index (Phi) is 5.18. The maximum Gasteiger partial charge on any atom is 0.307 e. The summed E-state index contributed by atoms with van der Waals surface area (Å²) >= 11 is 3.35. The highest BCUT2D eigenvalue weighted by molar-refractivity contribution is 9.09. The zero-order valence-corrected chi connectivity index (χ0v) is 9.96. The van der Waals surface area contributed by atoms with Gasteiger partial charge in [0.25, 0.3) is 0 Å². The lowest BCUT2D eigenvalue weighted by Gasteiger charge is -2.06. The summed E-state index contributed by atoms with van der Waals surface area (Å²) < 4.78 is 0. The van der Waals surface area contributed by atoms with Crippen LogP contribution in [0.3, 0.4) is 0 Å². The summed E-state index contributed by atoms with van der Waals surface area (Å²) in [5.74, 6) is -0.799. The fourth-order valence-corrected chi connectivity index (χ4v) is 1.55. The second kappa shape index (κ2) is 6.45. The average Bonchev–Trinajstić information content (AvgIpc) is 2.18. The van der Waals surface area contributed by atoms with Crippen molar-refractivity contribution in [2.75, 3.05) is 17.2 Å². The lowest BCUT2D eigenvalue weighted by molar-refractivity contribution is -0.136. The van der Waals surface area contributed by atoms with Crippen LogP contribution in [0.4, 0.5) is 5.69 Å². The number of nitrogens with one attached hydrogen (secondary N) is 1. The molecule has 0 aliphatic heterocycles. The third-order valence-electron chi connectivity index (χ3n) is 1.92. The van der Waals surface area contributed by atoms with Gasteiger partial charge in [0.05, 0.1) is 6.42 Å².